The number of nitrogen functional groups attached to an aromatic ring is 1. The van der Waals surface area contributed by atoms with Gasteiger partial charge in [-0.15, -0.1) is 0 Å². The van der Waals surface area contributed by atoms with E-state index in [0.717, 1.165) is 65.1 Å². The number of hydrogen-bond acceptors (Lipinski definition) is 4. The Morgan fingerprint density at radius 1 is 0.710 bits per heavy atom. The number of nitrogens with one attached hydrogen (secondary N) is 1. The second-order valence-corrected chi connectivity index (χ2v) is 8.02. The molecule has 4 aromatic rings. The molecule has 3 N–H and O–H groups in total. The maximum Gasteiger partial charge on any atom is 0.220 e. The zero-order valence-electron chi connectivity index (χ0n) is 17.5. The SMILES string of the molecule is Nc1nc(-c2c(-c3ccccc3)cccc2-c2ccccc2)cc(C2CCNCC2)n1. The molecule has 4 heteroatoms. The van der Waals surface area contributed by atoms with Gasteiger partial charge in [-0.3, -0.25) is 0 Å². The van der Waals surface area contributed by atoms with E-state index in [2.05, 4.69) is 83.1 Å². The summed E-state index contributed by atoms with van der Waals surface area (Å²) in [6.07, 6.45) is 2.14. The van der Waals surface area contributed by atoms with Gasteiger partial charge in [-0.25, -0.2) is 9.97 Å². The minimum Gasteiger partial charge on any atom is -0.368 e. The van der Waals surface area contributed by atoms with E-state index in [1.54, 1.807) is 0 Å². The number of nitrogens with zero attached hydrogens (tertiary/aromatic N) is 2. The predicted molar refractivity (Wildman–Crippen MR) is 128 cm³/mol. The summed E-state index contributed by atoms with van der Waals surface area (Å²) in [6.45, 7) is 2.03. The van der Waals surface area contributed by atoms with Gasteiger partial charge in [-0.2, -0.15) is 0 Å². The van der Waals surface area contributed by atoms with Crippen molar-refractivity contribution in [2.24, 2.45) is 0 Å². The quantitative estimate of drug-likeness (QED) is 0.468. The number of rotatable bonds is 4. The number of piperidine rings is 1. The molecular weight excluding hydrogens is 380 g/mol. The number of hydrogen-bond donors (Lipinski definition) is 2. The molecule has 2 heterocycles. The van der Waals surface area contributed by atoms with Crippen molar-refractivity contribution >= 4 is 5.95 Å². The summed E-state index contributed by atoms with van der Waals surface area (Å²) in [5.41, 5.74) is 13.9. The van der Waals surface area contributed by atoms with Gasteiger partial charge in [0.05, 0.1) is 5.69 Å². The molecule has 0 atom stereocenters. The highest BCUT2D eigenvalue weighted by atomic mass is 15.0. The van der Waals surface area contributed by atoms with Crippen LogP contribution in [0.15, 0.2) is 84.9 Å². The van der Waals surface area contributed by atoms with Gasteiger partial charge in [-0.1, -0.05) is 78.9 Å². The summed E-state index contributed by atoms with van der Waals surface area (Å²) in [5.74, 6) is 0.752. The van der Waals surface area contributed by atoms with Crippen molar-refractivity contribution in [3.8, 4) is 33.5 Å². The average Bonchev–Trinajstić information content (AvgIpc) is 2.85. The summed E-state index contributed by atoms with van der Waals surface area (Å²) < 4.78 is 0. The van der Waals surface area contributed by atoms with Gasteiger partial charge in [0.2, 0.25) is 5.95 Å². The van der Waals surface area contributed by atoms with Crippen LogP contribution >= 0.6 is 0 Å². The van der Waals surface area contributed by atoms with Crippen molar-refractivity contribution in [3.05, 3.63) is 90.6 Å². The number of nitrogens with two attached hydrogens (primary N) is 1. The summed E-state index contributed by atoms with van der Waals surface area (Å²) in [4.78, 5) is 9.35. The molecule has 31 heavy (non-hydrogen) atoms. The molecule has 1 aliphatic rings. The molecule has 1 aromatic heterocycles. The number of aromatic nitrogens is 2. The average molecular weight is 407 g/mol. The first-order valence-electron chi connectivity index (χ1n) is 10.9. The molecule has 3 aromatic carbocycles. The molecule has 0 aliphatic carbocycles. The Balaban J connectivity index is 1.73. The van der Waals surface area contributed by atoms with Crippen LogP contribution in [0.2, 0.25) is 0 Å². The van der Waals surface area contributed by atoms with Crippen LogP contribution in [0, 0.1) is 0 Å². The molecule has 0 amide bonds. The van der Waals surface area contributed by atoms with Gasteiger partial charge in [-0.05, 0) is 54.3 Å². The maximum atomic E-state index is 6.24. The van der Waals surface area contributed by atoms with Crippen LogP contribution < -0.4 is 11.1 Å². The third kappa shape index (κ3) is 4.07. The lowest BCUT2D eigenvalue weighted by molar-refractivity contribution is 0.453. The molecule has 0 unspecified atom stereocenters. The fraction of sp³-hybridized carbons (Fsp3) is 0.185. The molecule has 0 radical (unpaired) electrons. The Morgan fingerprint density at radius 3 is 1.87 bits per heavy atom. The lowest BCUT2D eigenvalue weighted by Gasteiger charge is -2.23. The minimum atomic E-state index is 0.341. The minimum absolute atomic E-state index is 0.341. The Labute approximate surface area is 183 Å². The van der Waals surface area contributed by atoms with Crippen molar-refractivity contribution < 1.29 is 0 Å². The Morgan fingerprint density at radius 2 is 1.29 bits per heavy atom. The topological polar surface area (TPSA) is 63.8 Å². The van der Waals surface area contributed by atoms with E-state index in [-0.39, 0.29) is 0 Å². The monoisotopic (exact) mass is 406 g/mol. The third-order valence-electron chi connectivity index (χ3n) is 6.01. The van der Waals surface area contributed by atoms with Crippen LogP contribution in [-0.2, 0) is 0 Å². The van der Waals surface area contributed by atoms with Crippen molar-refractivity contribution in [2.45, 2.75) is 18.8 Å². The molecule has 5 rings (SSSR count). The Kier molecular flexibility index (Phi) is 5.46. The van der Waals surface area contributed by atoms with Gasteiger partial charge in [0.1, 0.15) is 0 Å². The van der Waals surface area contributed by atoms with Gasteiger partial charge in [0, 0.05) is 17.2 Å². The highest BCUT2D eigenvalue weighted by Gasteiger charge is 2.21. The summed E-state index contributed by atoms with van der Waals surface area (Å²) in [6, 6.07) is 29.6. The normalized spacial score (nSPS) is 14.5. The van der Waals surface area contributed by atoms with Crippen molar-refractivity contribution in [3.63, 3.8) is 0 Å². The van der Waals surface area contributed by atoms with Crippen molar-refractivity contribution in [1.82, 2.24) is 15.3 Å². The van der Waals surface area contributed by atoms with Crippen molar-refractivity contribution in [2.75, 3.05) is 18.8 Å². The molecule has 0 saturated carbocycles. The third-order valence-corrected chi connectivity index (χ3v) is 6.01. The summed E-state index contributed by atoms with van der Waals surface area (Å²) >= 11 is 0. The second-order valence-electron chi connectivity index (χ2n) is 8.02. The Hall–Kier alpha value is -3.50. The van der Waals surface area contributed by atoms with Gasteiger partial charge >= 0.3 is 0 Å². The summed E-state index contributed by atoms with van der Waals surface area (Å²) in [7, 11) is 0. The fourth-order valence-corrected chi connectivity index (χ4v) is 4.49. The molecule has 1 fully saturated rings. The molecule has 154 valence electrons. The van der Waals surface area contributed by atoms with Gasteiger partial charge in [0.15, 0.2) is 0 Å². The zero-order valence-corrected chi connectivity index (χ0v) is 17.5. The van der Waals surface area contributed by atoms with E-state index in [1.165, 1.54) is 0 Å². The molecular formula is C27H26N4. The molecule has 1 saturated heterocycles. The standard InChI is InChI=1S/C27H26N4/c28-27-30-24(21-14-16-29-17-15-21)18-25(31-27)26-22(19-8-3-1-4-9-19)12-7-13-23(26)20-10-5-2-6-11-20/h1-13,18,21,29H,14-17H2,(H2,28,30,31). The smallest absolute Gasteiger partial charge is 0.220 e. The van der Waals surface area contributed by atoms with Crippen LogP contribution in [0.4, 0.5) is 5.95 Å². The zero-order chi connectivity index (χ0) is 21.0. The largest absolute Gasteiger partial charge is 0.368 e. The molecule has 0 spiro atoms. The van der Waals surface area contributed by atoms with Gasteiger partial charge in [0.25, 0.3) is 0 Å². The van der Waals surface area contributed by atoms with Crippen LogP contribution in [-0.4, -0.2) is 23.1 Å². The van der Waals surface area contributed by atoms with Crippen LogP contribution in [0.25, 0.3) is 33.5 Å². The first-order chi connectivity index (χ1) is 15.3. The van der Waals surface area contributed by atoms with E-state index < -0.39 is 0 Å². The van der Waals surface area contributed by atoms with Gasteiger partial charge < -0.3 is 11.1 Å². The Bertz CT molecular complexity index is 1110. The van der Waals surface area contributed by atoms with Crippen LogP contribution in [0.5, 0.6) is 0 Å². The first kappa shape index (κ1) is 19.5. The van der Waals surface area contributed by atoms with Crippen molar-refractivity contribution in [1.29, 1.82) is 0 Å². The van der Waals surface area contributed by atoms with E-state index in [1.807, 2.05) is 12.1 Å². The van der Waals surface area contributed by atoms with Crippen LogP contribution in [0.3, 0.4) is 0 Å². The van der Waals surface area contributed by atoms with E-state index in [4.69, 9.17) is 10.7 Å². The number of benzene rings is 3. The summed E-state index contributed by atoms with van der Waals surface area (Å²) in [5, 5.41) is 3.43. The number of anilines is 1. The maximum absolute atomic E-state index is 6.24. The van der Waals surface area contributed by atoms with E-state index in [0.29, 0.717) is 11.9 Å². The van der Waals surface area contributed by atoms with Crippen LogP contribution in [0.1, 0.15) is 24.5 Å². The molecule has 0 bridgehead atoms. The van der Waals surface area contributed by atoms with E-state index >= 15 is 0 Å². The highest BCUT2D eigenvalue weighted by Crippen LogP contribution is 2.40. The molecule has 4 nitrogen and oxygen atoms in total. The van der Waals surface area contributed by atoms with E-state index in [9.17, 15) is 0 Å². The lowest BCUT2D eigenvalue weighted by atomic mass is 9.88. The lowest BCUT2D eigenvalue weighted by Crippen LogP contribution is -2.27. The highest BCUT2D eigenvalue weighted by molar-refractivity contribution is 5.93. The predicted octanol–water partition coefficient (Wildman–Crippen LogP) is 5.53. The fourth-order valence-electron chi connectivity index (χ4n) is 4.49. The first-order valence-corrected chi connectivity index (χ1v) is 10.9. The second kappa shape index (κ2) is 8.70. The molecule has 1 aliphatic heterocycles.